The van der Waals surface area contributed by atoms with E-state index in [0.717, 1.165) is 5.39 Å². The Morgan fingerprint density at radius 3 is 2.41 bits per heavy atom. The summed E-state index contributed by atoms with van der Waals surface area (Å²) in [5.41, 5.74) is 2.02. The molecule has 4 aromatic rings. The number of hydrogen-bond donors (Lipinski definition) is 1. The smallest absolute Gasteiger partial charge is 0.312 e. The fourth-order valence-corrected chi connectivity index (χ4v) is 5.03. The van der Waals surface area contributed by atoms with E-state index in [-0.39, 0.29) is 35.0 Å². The summed E-state index contributed by atoms with van der Waals surface area (Å²) < 4.78 is 27.6. The Morgan fingerprint density at radius 1 is 0.872 bits per heavy atom. The van der Waals surface area contributed by atoms with Gasteiger partial charge in [0.2, 0.25) is 5.78 Å². The van der Waals surface area contributed by atoms with E-state index in [1.807, 2.05) is 6.07 Å². The number of pyridine rings is 1. The first-order chi connectivity index (χ1) is 18.9. The summed E-state index contributed by atoms with van der Waals surface area (Å²) in [5, 5.41) is 0.766. The Balaban J connectivity index is 1.46. The van der Waals surface area contributed by atoms with E-state index in [0.29, 0.717) is 45.0 Å². The molecule has 0 spiro atoms. The second-order valence-corrected chi connectivity index (χ2v) is 9.14. The van der Waals surface area contributed by atoms with Crippen molar-refractivity contribution in [3.63, 3.8) is 0 Å². The highest BCUT2D eigenvalue weighted by atomic mass is 16.5. The van der Waals surface area contributed by atoms with Gasteiger partial charge in [0.05, 0.1) is 38.8 Å². The predicted octanol–water partition coefficient (Wildman–Crippen LogP) is 4.61. The van der Waals surface area contributed by atoms with Gasteiger partial charge >= 0.3 is 5.97 Å². The molecule has 0 amide bonds. The molecule has 0 unspecified atom stereocenters. The van der Waals surface area contributed by atoms with Crippen LogP contribution < -0.4 is 29.2 Å². The number of ketones is 1. The molecule has 1 N–H and O–H groups in total. The normalized spacial score (nSPS) is 16.9. The van der Waals surface area contributed by atoms with Crippen LogP contribution in [0.2, 0.25) is 0 Å². The van der Waals surface area contributed by atoms with Crippen molar-refractivity contribution < 1.29 is 33.3 Å². The average molecular weight is 526 g/mol. The lowest BCUT2D eigenvalue weighted by Gasteiger charge is -2.26. The highest BCUT2D eigenvalue weighted by Gasteiger charge is 2.39. The third-order valence-corrected chi connectivity index (χ3v) is 6.96. The van der Waals surface area contributed by atoms with E-state index >= 15 is 0 Å². The van der Waals surface area contributed by atoms with E-state index in [1.165, 1.54) is 7.11 Å². The number of methoxy groups -OCH3 is 3. The van der Waals surface area contributed by atoms with Crippen molar-refractivity contribution in [2.24, 2.45) is 0 Å². The third-order valence-electron chi connectivity index (χ3n) is 6.96. The van der Waals surface area contributed by atoms with Crippen molar-refractivity contribution in [1.82, 2.24) is 4.98 Å². The molecule has 39 heavy (non-hydrogen) atoms. The van der Waals surface area contributed by atoms with Gasteiger partial charge in [0, 0.05) is 34.7 Å². The van der Waals surface area contributed by atoms with Gasteiger partial charge in [-0.25, -0.2) is 0 Å². The van der Waals surface area contributed by atoms with Crippen LogP contribution in [0.4, 0.5) is 0 Å². The molecule has 6 rings (SSSR count). The zero-order chi connectivity index (χ0) is 27.3. The van der Waals surface area contributed by atoms with Gasteiger partial charge in [-0.1, -0.05) is 0 Å². The van der Waals surface area contributed by atoms with Crippen LogP contribution in [-0.2, 0) is 4.79 Å². The van der Waals surface area contributed by atoms with Gasteiger partial charge in [-0.15, -0.1) is 0 Å². The summed E-state index contributed by atoms with van der Waals surface area (Å²) in [6, 6.07) is 15.4. The van der Waals surface area contributed by atoms with Gasteiger partial charge < -0.3 is 28.7 Å². The summed E-state index contributed by atoms with van der Waals surface area (Å²) in [5.74, 6) is 0.811. The Hall–Kier alpha value is -5.05. The standard InChI is InChI=1S/C30H23NO8/c1-35-17-6-4-15-10-21(30(34)31-22(15)12-17)20-14-26(32)38-23-9-8-19-28(33)25(39-29(19)27(20)23)11-16-5-7-18(36-2)13-24(16)37-3/h4-13,20H,14H2,1-3H3,(H,31,34)/b25-11-/t20-/m1/s1. The van der Waals surface area contributed by atoms with Gasteiger partial charge in [-0.3, -0.25) is 14.4 Å². The maximum absolute atomic E-state index is 13.4. The minimum Gasteiger partial charge on any atom is -0.497 e. The van der Waals surface area contributed by atoms with Gasteiger partial charge in [0.25, 0.3) is 5.56 Å². The van der Waals surface area contributed by atoms with Crippen LogP contribution in [0.3, 0.4) is 0 Å². The van der Waals surface area contributed by atoms with Crippen molar-refractivity contribution >= 4 is 28.7 Å². The van der Waals surface area contributed by atoms with Crippen molar-refractivity contribution in [2.45, 2.75) is 12.3 Å². The first kappa shape index (κ1) is 24.3. The zero-order valence-electron chi connectivity index (χ0n) is 21.3. The monoisotopic (exact) mass is 525 g/mol. The Bertz CT molecular complexity index is 1770. The van der Waals surface area contributed by atoms with Crippen LogP contribution in [0.1, 0.15) is 39.4 Å². The molecule has 2 aliphatic rings. The molecule has 0 saturated carbocycles. The molecule has 0 bridgehead atoms. The third kappa shape index (κ3) is 4.08. The van der Waals surface area contributed by atoms with E-state index in [1.54, 1.807) is 68.8 Å². The summed E-state index contributed by atoms with van der Waals surface area (Å²) in [6.07, 6.45) is 1.50. The molecule has 0 aliphatic carbocycles. The highest BCUT2D eigenvalue weighted by Crippen LogP contribution is 2.48. The number of esters is 1. The lowest BCUT2D eigenvalue weighted by atomic mass is 9.85. The minimum atomic E-state index is -0.686. The second-order valence-electron chi connectivity index (χ2n) is 9.14. The van der Waals surface area contributed by atoms with E-state index < -0.39 is 11.9 Å². The first-order valence-corrected chi connectivity index (χ1v) is 12.1. The molecule has 0 radical (unpaired) electrons. The maximum Gasteiger partial charge on any atom is 0.312 e. The number of nitrogens with one attached hydrogen (secondary N) is 1. The molecule has 0 saturated heterocycles. The summed E-state index contributed by atoms with van der Waals surface area (Å²) in [4.78, 5) is 42.1. The summed E-state index contributed by atoms with van der Waals surface area (Å²) >= 11 is 0. The number of Topliss-reactive ketones (excluding diaryl/α,β-unsaturated/α-hetero) is 1. The van der Waals surface area contributed by atoms with Crippen molar-refractivity contribution in [3.05, 3.63) is 93.0 Å². The molecule has 3 aromatic carbocycles. The largest absolute Gasteiger partial charge is 0.497 e. The lowest BCUT2D eigenvalue weighted by molar-refractivity contribution is -0.135. The Labute approximate surface area is 222 Å². The molecule has 9 heteroatoms. The van der Waals surface area contributed by atoms with Crippen LogP contribution in [0.15, 0.2) is 65.2 Å². The Morgan fingerprint density at radius 2 is 1.64 bits per heavy atom. The average Bonchev–Trinajstić information content (AvgIpc) is 3.26. The fraction of sp³-hybridized carbons (Fsp3) is 0.167. The van der Waals surface area contributed by atoms with Crippen LogP contribution in [0.25, 0.3) is 17.0 Å². The van der Waals surface area contributed by atoms with Crippen LogP contribution in [0.5, 0.6) is 28.7 Å². The number of allylic oxidation sites excluding steroid dienone is 1. The SMILES string of the molecule is COc1ccc(/C=C2\Oc3c(ccc4c3[C@@H](c3cc5ccc(OC)cc5[nH]c3=O)CC(=O)O4)C2=O)c(OC)c1. The highest BCUT2D eigenvalue weighted by molar-refractivity contribution is 6.15. The lowest BCUT2D eigenvalue weighted by Crippen LogP contribution is -2.26. The molecule has 9 nitrogen and oxygen atoms in total. The van der Waals surface area contributed by atoms with Crippen molar-refractivity contribution in [2.75, 3.05) is 21.3 Å². The Kier molecular flexibility index (Phi) is 5.83. The number of ether oxygens (including phenoxy) is 5. The van der Waals surface area contributed by atoms with Gasteiger partial charge in [0.1, 0.15) is 28.7 Å². The topological polar surface area (TPSA) is 113 Å². The molecule has 3 heterocycles. The number of benzene rings is 3. The van der Waals surface area contributed by atoms with Crippen molar-refractivity contribution in [3.8, 4) is 28.7 Å². The van der Waals surface area contributed by atoms with Gasteiger partial charge in [0.15, 0.2) is 5.76 Å². The van der Waals surface area contributed by atoms with Gasteiger partial charge in [-0.05, 0) is 53.9 Å². The number of rotatable bonds is 5. The van der Waals surface area contributed by atoms with E-state index in [4.69, 9.17) is 23.7 Å². The molecule has 196 valence electrons. The van der Waals surface area contributed by atoms with E-state index in [2.05, 4.69) is 4.98 Å². The quantitative estimate of drug-likeness (QED) is 0.228. The van der Waals surface area contributed by atoms with Crippen molar-refractivity contribution in [1.29, 1.82) is 0 Å². The predicted molar refractivity (Wildman–Crippen MR) is 142 cm³/mol. The number of hydrogen-bond acceptors (Lipinski definition) is 8. The van der Waals surface area contributed by atoms with Crippen LogP contribution in [0, 0.1) is 0 Å². The number of carbonyl (C=O) groups is 2. The number of H-pyrrole nitrogens is 1. The number of aromatic nitrogens is 1. The summed E-state index contributed by atoms with van der Waals surface area (Å²) in [6.45, 7) is 0. The fourth-order valence-electron chi connectivity index (χ4n) is 5.03. The summed E-state index contributed by atoms with van der Waals surface area (Å²) in [7, 11) is 4.62. The zero-order valence-corrected chi connectivity index (χ0v) is 21.3. The molecular formula is C30H23NO8. The minimum absolute atomic E-state index is 0.0806. The maximum atomic E-state index is 13.4. The second kappa shape index (κ2) is 9.36. The van der Waals surface area contributed by atoms with E-state index in [9.17, 15) is 14.4 Å². The molecule has 2 aliphatic heterocycles. The molecule has 1 aromatic heterocycles. The molecule has 1 atom stereocenters. The molecule has 0 fully saturated rings. The number of aromatic amines is 1. The first-order valence-electron chi connectivity index (χ1n) is 12.1. The number of carbonyl (C=O) groups excluding carboxylic acids is 2. The van der Waals surface area contributed by atoms with Crippen LogP contribution in [-0.4, -0.2) is 38.1 Å². The molecular weight excluding hydrogens is 502 g/mol. The van der Waals surface area contributed by atoms with Gasteiger partial charge in [-0.2, -0.15) is 0 Å². The number of fused-ring (bicyclic) bond motifs is 4. The van der Waals surface area contributed by atoms with Crippen LogP contribution >= 0.6 is 0 Å².